The highest BCUT2D eigenvalue weighted by molar-refractivity contribution is 8.13. The van der Waals surface area contributed by atoms with Crippen molar-refractivity contribution < 1.29 is 52.0 Å². The molecule has 0 aromatic rings. The molecule has 0 saturated carbocycles. The summed E-state index contributed by atoms with van der Waals surface area (Å²) >= 11 is 0.808. The predicted octanol–water partition coefficient (Wildman–Crippen LogP) is 1.65. The molecule has 188 valence electrons. The number of alkyl halides is 1. The van der Waals surface area contributed by atoms with E-state index < -0.39 is 71.5 Å². The molecule has 11 nitrogen and oxygen atoms in total. The summed E-state index contributed by atoms with van der Waals surface area (Å²) < 4.78 is 42.3. The van der Waals surface area contributed by atoms with Gasteiger partial charge in [-0.1, -0.05) is 18.7 Å². The number of halogens is 1. The number of ether oxygens (including phenoxy) is 5. The van der Waals surface area contributed by atoms with Gasteiger partial charge in [-0.3, -0.25) is 24.0 Å². The molecule has 1 rings (SSSR count). The van der Waals surface area contributed by atoms with E-state index in [1.807, 2.05) is 0 Å². The van der Waals surface area contributed by atoms with Crippen molar-refractivity contribution in [1.82, 2.24) is 5.32 Å². The van der Waals surface area contributed by atoms with Crippen molar-refractivity contribution in [2.24, 2.45) is 0 Å². The Labute approximate surface area is 195 Å². The Bertz CT molecular complexity index is 776. The van der Waals surface area contributed by atoms with Crippen LogP contribution in [0, 0.1) is 0 Å². The molecule has 0 radical (unpaired) electrons. The van der Waals surface area contributed by atoms with E-state index in [4.69, 9.17) is 23.7 Å². The van der Waals surface area contributed by atoms with Crippen LogP contribution in [0.5, 0.6) is 0 Å². The monoisotopic (exact) mass is 495 g/mol. The van der Waals surface area contributed by atoms with E-state index in [1.165, 1.54) is 13.8 Å². The lowest BCUT2D eigenvalue weighted by Crippen LogP contribution is -2.77. The van der Waals surface area contributed by atoms with E-state index in [0.717, 1.165) is 39.5 Å². The first-order valence-corrected chi connectivity index (χ1v) is 11.1. The Morgan fingerprint density at radius 2 is 1.64 bits per heavy atom. The van der Waals surface area contributed by atoms with Gasteiger partial charge in [-0.05, 0) is 19.6 Å². The first-order valence-electron chi connectivity index (χ1n) is 10.1. The van der Waals surface area contributed by atoms with Crippen LogP contribution >= 0.6 is 11.8 Å². The summed E-state index contributed by atoms with van der Waals surface area (Å²) in [7, 11) is 0. The Morgan fingerprint density at radius 1 is 1.03 bits per heavy atom. The van der Waals surface area contributed by atoms with Gasteiger partial charge in [0.15, 0.2) is 12.3 Å². The predicted molar refractivity (Wildman–Crippen MR) is 113 cm³/mol. The van der Waals surface area contributed by atoms with Crippen LogP contribution in [-0.4, -0.2) is 77.3 Å². The Balaban J connectivity index is 3.79. The van der Waals surface area contributed by atoms with Gasteiger partial charge < -0.3 is 29.0 Å². The third-order valence-corrected chi connectivity index (χ3v) is 5.15. The van der Waals surface area contributed by atoms with Gasteiger partial charge in [-0.25, -0.2) is 4.39 Å². The number of nitrogens with one attached hydrogen (secondary N) is 1. The van der Waals surface area contributed by atoms with Crippen LogP contribution in [0.1, 0.15) is 48.5 Å². The topological polar surface area (TPSA) is 144 Å². The van der Waals surface area contributed by atoms with Crippen LogP contribution in [0.2, 0.25) is 0 Å². The molecule has 0 bridgehead atoms. The van der Waals surface area contributed by atoms with Crippen LogP contribution in [0.25, 0.3) is 0 Å². The maximum absolute atomic E-state index is 15.5. The number of hydrogen-bond donors (Lipinski definition) is 1. The van der Waals surface area contributed by atoms with Crippen molar-refractivity contribution in [3.63, 3.8) is 0 Å². The molecular weight excluding hydrogens is 465 g/mol. The largest absolute Gasteiger partial charge is 0.462 e. The molecule has 1 heterocycles. The molecule has 0 aromatic heterocycles. The third kappa shape index (κ3) is 7.56. The average Bonchev–Trinajstić information content (AvgIpc) is 2.64. The number of carbonyl (C=O) groups is 5. The summed E-state index contributed by atoms with van der Waals surface area (Å²) in [5.74, 6) is -5.57. The Kier molecular flexibility index (Phi) is 10.1. The number of hydrogen-bond acceptors (Lipinski definition) is 11. The standard InChI is InChI=1S/C20H30FNO10S/c1-8-33-18(27)22-17-15(30-12(4)25)16(21)19(6,7)32-20(17,31-13(5)26)14(29-11(3)24)9-28-10(2)23/h14-17H,8-9H2,1-7H3,(H,22,27)/t14-,15?,16?,17?,20-/m1/s1. The van der Waals surface area contributed by atoms with Gasteiger partial charge in [-0.2, -0.15) is 0 Å². The molecule has 5 atom stereocenters. The maximum Gasteiger partial charge on any atom is 0.305 e. The van der Waals surface area contributed by atoms with E-state index in [-0.39, 0.29) is 0 Å². The highest BCUT2D eigenvalue weighted by Gasteiger charge is 2.67. The molecule has 1 saturated heterocycles. The van der Waals surface area contributed by atoms with Gasteiger partial charge in [0.05, 0.1) is 0 Å². The van der Waals surface area contributed by atoms with Gasteiger partial charge >= 0.3 is 23.9 Å². The van der Waals surface area contributed by atoms with Crippen LogP contribution in [0.3, 0.4) is 0 Å². The second-order valence-corrected chi connectivity index (χ2v) is 8.98. The Hall–Kier alpha value is -2.41. The summed E-state index contributed by atoms with van der Waals surface area (Å²) in [6.45, 7) is 7.78. The summed E-state index contributed by atoms with van der Waals surface area (Å²) in [4.78, 5) is 59.8. The fraction of sp³-hybridized carbons (Fsp3) is 0.750. The fourth-order valence-electron chi connectivity index (χ4n) is 3.39. The first-order chi connectivity index (χ1) is 15.2. The van der Waals surface area contributed by atoms with Crippen molar-refractivity contribution in [2.45, 2.75) is 84.3 Å². The molecule has 33 heavy (non-hydrogen) atoms. The number of esters is 4. The second kappa shape index (κ2) is 11.6. The van der Waals surface area contributed by atoms with E-state index in [9.17, 15) is 24.0 Å². The summed E-state index contributed by atoms with van der Waals surface area (Å²) in [6, 6.07) is -1.68. The summed E-state index contributed by atoms with van der Waals surface area (Å²) in [5.41, 5.74) is -1.77. The molecule has 3 unspecified atom stereocenters. The van der Waals surface area contributed by atoms with E-state index in [1.54, 1.807) is 6.92 Å². The summed E-state index contributed by atoms with van der Waals surface area (Å²) in [5, 5.41) is 1.77. The first kappa shape index (κ1) is 28.6. The van der Waals surface area contributed by atoms with Gasteiger partial charge in [0.2, 0.25) is 6.10 Å². The number of rotatable bonds is 8. The van der Waals surface area contributed by atoms with Crippen LogP contribution in [0.15, 0.2) is 0 Å². The normalized spacial score (nSPS) is 27.0. The van der Waals surface area contributed by atoms with Gasteiger partial charge in [0.1, 0.15) is 18.2 Å². The maximum atomic E-state index is 15.5. The molecule has 1 N–H and O–H groups in total. The van der Waals surface area contributed by atoms with Gasteiger partial charge in [0, 0.05) is 27.7 Å². The van der Waals surface area contributed by atoms with E-state index in [0.29, 0.717) is 5.75 Å². The van der Waals surface area contributed by atoms with Crippen molar-refractivity contribution in [2.75, 3.05) is 12.4 Å². The number of thioether (sulfide) groups is 1. The van der Waals surface area contributed by atoms with E-state index in [2.05, 4.69) is 5.32 Å². The Morgan fingerprint density at radius 3 is 2.09 bits per heavy atom. The lowest BCUT2D eigenvalue weighted by molar-refractivity contribution is -0.365. The second-order valence-electron chi connectivity index (χ2n) is 7.74. The molecule has 0 aromatic carbocycles. The van der Waals surface area contributed by atoms with Crippen molar-refractivity contribution in [3.05, 3.63) is 0 Å². The third-order valence-electron chi connectivity index (χ3n) is 4.49. The minimum atomic E-state index is -2.43. The SMILES string of the molecule is CCSC(=O)NC1C(OC(C)=O)C(F)C(C)(C)O[C@]1(OC(C)=O)[C@@H](COC(C)=O)OC(C)=O. The molecule has 1 fully saturated rings. The minimum Gasteiger partial charge on any atom is -0.462 e. The molecule has 1 aliphatic heterocycles. The molecule has 0 spiro atoms. The van der Waals surface area contributed by atoms with E-state index >= 15 is 4.39 Å². The zero-order valence-corrected chi connectivity index (χ0v) is 20.4. The number of carbonyl (C=O) groups excluding carboxylic acids is 5. The fourth-order valence-corrected chi connectivity index (χ4v) is 3.87. The lowest BCUT2D eigenvalue weighted by Gasteiger charge is -2.54. The van der Waals surface area contributed by atoms with Gasteiger partial charge in [-0.15, -0.1) is 0 Å². The molecule has 13 heteroatoms. The average molecular weight is 496 g/mol. The van der Waals surface area contributed by atoms with Gasteiger partial charge in [0.25, 0.3) is 11.0 Å². The highest BCUT2D eigenvalue weighted by Crippen LogP contribution is 2.43. The molecule has 1 amide bonds. The lowest BCUT2D eigenvalue weighted by atomic mass is 9.82. The van der Waals surface area contributed by atoms with Crippen molar-refractivity contribution in [1.29, 1.82) is 0 Å². The van der Waals surface area contributed by atoms with Crippen molar-refractivity contribution >= 4 is 40.9 Å². The van der Waals surface area contributed by atoms with Crippen LogP contribution < -0.4 is 5.32 Å². The highest BCUT2D eigenvalue weighted by atomic mass is 32.2. The zero-order chi connectivity index (χ0) is 25.6. The smallest absolute Gasteiger partial charge is 0.305 e. The van der Waals surface area contributed by atoms with Crippen molar-refractivity contribution in [3.8, 4) is 0 Å². The summed E-state index contributed by atoms with van der Waals surface area (Å²) in [6.07, 6.45) is -5.39. The molecule has 0 aliphatic carbocycles. The molecular formula is C20H30FNO10S. The quantitative estimate of drug-likeness (QED) is 0.388. The number of amides is 1. The molecule has 1 aliphatic rings. The van der Waals surface area contributed by atoms with Crippen LogP contribution in [-0.2, 0) is 42.9 Å². The zero-order valence-electron chi connectivity index (χ0n) is 19.6. The van der Waals surface area contributed by atoms with Crippen LogP contribution in [0.4, 0.5) is 9.18 Å². The minimum absolute atomic E-state index is 0.337.